The molecular formula is C28H28N7O3+. The number of hydrogen-bond donors (Lipinski definition) is 3. The van der Waals surface area contributed by atoms with E-state index in [9.17, 15) is 14.7 Å². The Morgan fingerprint density at radius 2 is 2.00 bits per heavy atom. The molecule has 2 amide bonds. The van der Waals surface area contributed by atoms with Crippen LogP contribution in [0.3, 0.4) is 0 Å². The van der Waals surface area contributed by atoms with Gasteiger partial charge in [-0.25, -0.2) is 4.98 Å². The van der Waals surface area contributed by atoms with Crippen LogP contribution in [0.25, 0.3) is 0 Å². The van der Waals surface area contributed by atoms with Crippen LogP contribution >= 0.6 is 0 Å². The largest absolute Gasteiger partial charge is 0.378 e. The fourth-order valence-corrected chi connectivity index (χ4v) is 4.62. The maximum absolute atomic E-state index is 12.9. The van der Waals surface area contributed by atoms with Gasteiger partial charge in [-0.05, 0) is 69.0 Å². The van der Waals surface area contributed by atoms with E-state index < -0.39 is 5.60 Å². The Balaban J connectivity index is 1.44. The number of hydrogen-bond acceptors (Lipinski definition) is 7. The molecule has 0 bridgehead atoms. The van der Waals surface area contributed by atoms with Gasteiger partial charge in [0.15, 0.2) is 0 Å². The monoisotopic (exact) mass is 510 g/mol. The number of anilines is 1. The molecule has 5 rings (SSSR count). The van der Waals surface area contributed by atoms with Gasteiger partial charge in [0.2, 0.25) is 5.70 Å². The van der Waals surface area contributed by atoms with Crippen molar-refractivity contribution in [3.05, 3.63) is 83.6 Å². The van der Waals surface area contributed by atoms with E-state index in [1.54, 1.807) is 72.2 Å². The maximum Gasteiger partial charge on any atom is 0.299 e. The lowest BCUT2D eigenvalue weighted by Gasteiger charge is -2.27. The molecule has 1 aromatic heterocycles. The fourth-order valence-electron chi connectivity index (χ4n) is 4.62. The topological polar surface area (TPSA) is 133 Å². The minimum Gasteiger partial charge on any atom is -0.378 e. The minimum atomic E-state index is -1.27. The summed E-state index contributed by atoms with van der Waals surface area (Å²) in [6.07, 6.45) is 8.12. The zero-order valence-corrected chi connectivity index (χ0v) is 21.1. The number of rotatable bonds is 4. The highest BCUT2D eigenvalue weighted by Crippen LogP contribution is 2.37. The number of carbonyl (C=O) groups excluding carboxylic acids is 2. The molecule has 2 atom stereocenters. The molecule has 3 aliphatic rings. The number of benzene rings is 1. The first-order valence-corrected chi connectivity index (χ1v) is 12.3. The van der Waals surface area contributed by atoms with E-state index in [1.165, 1.54) is 13.8 Å². The third kappa shape index (κ3) is 4.90. The molecule has 38 heavy (non-hydrogen) atoms. The van der Waals surface area contributed by atoms with E-state index in [1.807, 2.05) is 0 Å². The van der Waals surface area contributed by atoms with Crippen molar-refractivity contribution in [3.8, 4) is 11.8 Å². The van der Waals surface area contributed by atoms with Crippen LogP contribution in [0.2, 0.25) is 0 Å². The Hall–Kier alpha value is -4.43. The number of pyridine rings is 1. The normalized spacial score (nSPS) is 22.1. The van der Waals surface area contributed by atoms with Crippen molar-refractivity contribution in [1.82, 2.24) is 9.88 Å². The number of amidine groups is 1. The second-order valence-corrected chi connectivity index (χ2v) is 9.77. The first kappa shape index (κ1) is 25.2. The number of amides is 2. The van der Waals surface area contributed by atoms with Crippen LogP contribution in [-0.4, -0.2) is 61.6 Å². The van der Waals surface area contributed by atoms with Crippen molar-refractivity contribution < 1.29 is 19.3 Å². The van der Waals surface area contributed by atoms with Crippen molar-refractivity contribution in [2.75, 3.05) is 11.9 Å². The number of allylic oxidation sites excluding steroid dienone is 1. The summed E-state index contributed by atoms with van der Waals surface area (Å²) in [6.45, 7) is 3.60. The molecule has 10 nitrogen and oxygen atoms in total. The lowest BCUT2D eigenvalue weighted by Crippen LogP contribution is -2.53. The minimum absolute atomic E-state index is 0.202. The molecular weight excluding hydrogens is 482 g/mol. The van der Waals surface area contributed by atoms with Gasteiger partial charge in [-0.2, -0.15) is 10.8 Å². The second-order valence-electron chi connectivity index (χ2n) is 9.77. The number of nitrogens with zero attached hydrogens (tertiary/aromatic N) is 5. The number of likely N-dealkylation sites (tertiary alicyclic amines) is 1. The Morgan fingerprint density at radius 3 is 2.71 bits per heavy atom. The number of carbonyl (C=O) groups is 2. The predicted molar refractivity (Wildman–Crippen MR) is 143 cm³/mol. The van der Waals surface area contributed by atoms with Crippen molar-refractivity contribution in [3.63, 3.8) is 0 Å². The molecule has 2 unspecified atom stereocenters. The van der Waals surface area contributed by atoms with Gasteiger partial charge in [0.1, 0.15) is 23.3 Å². The molecule has 0 radical (unpaired) electrons. The Morgan fingerprint density at radius 1 is 1.21 bits per heavy atom. The van der Waals surface area contributed by atoms with E-state index in [2.05, 4.69) is 27.1 Å². The molecule has 3 aliphatic heterocycles. The zero-order valence-electron chi connectivity index (χ0n) is 21.1. The van der Waals surface area contributed by atoms with Gasteiger partial charge in [-0.1, -0.05) is 12.0 Å². The quantitative estimate of drug-likeness (QED) is 0.330. The number of aromatic nitrogens is 1. The molecule has 0 spiro atoms. The number of fused-ring (bicyclic) bond motifs is 1. The lowest BCUT2D eigenvalue weighted by atomic mass is 10.1. The molecule has 0 aliphatic carbocycles. The highest BCUT2D eigenvalue weighted by Gasteiger charge is 2.48. The van der Waals surface area contributed by atoms with Crippen LogP contribution < -0.4 is 11.2 Å². The first-order chi connectivity index (χ1) is 18.2. The van der Waals surface area contributed by atoms with Crippen LogP contribution in [0, 0.1) is 11.8 Å². The van der Waals surface area contributed by atoms with Crippen LogP contribution in [0.1, 0.15) is 42.6 Å². The summed E-state index contributed by atoms with van der Waals surface area (Å²) in [6, 6.07) is 12.0. The van der Waals surface area contributed by atoms with Crippen LogP contribution in [0.4, 0.5) is 5.82 Å². The van der Waals surface area contributed by atoms with Gasteiger partial charge in [-0.15, -0.1) is 4.59 Å². The van der Waals surface area contributed by atoms with E-state index in [0.29, 0.717) is 41.6 Å². The van der Waals surface area contributed by atoms with Crippen molar-refractivity contribution in [2.24, 2.45) is 15.8 Å². The van der Waals surface area contributed by atoms with Crippen LogP contribution in [0.15, 0.2) is 82.4 Å². The average molecular weight is 511 g/mol. The molecule has 2 aromatic rings. The summed E-state index contributed by atoms with van der Waals surface area (Å²) in [4.78, 5) is 40.6. The van der Waals surface area contributed by atoms with Gasteiger partial charge in [0, 0.05) is 18.3 Å². The number of quaternary nitrogens is 1. The zero-order chi connectivity index (χ0) is 26.9. The molecule has 10 heteroatoms. The third-order valence-electron chi connectivity index (χ3n) is 6.44. The molecule has 192 valence electrons. The SMILES string of the molecule is CC(C)(O)C#CC(=O)N1CCCC1C1=C2C=NC=C[N+]2(N)C(c2ccc(C(=O)Nc3ccccn3)cc2)=N1. The van der Waals surface area contributed by atoms with E-state index in [-0.39, 0.29) is 22.4 Å². The third-order valence-corrected chi connectivity index (χ3v) is 6.44. The predicted octanol–water partition coefficient (Wildman–Crippen LogP) is 2.32. The Bertz CT molecular complexity index is 1460. The van der Waals surface area contributed by atoms with Crippen molar-refractivity contribution in [2.45, 2.75) is 38.3 Å². The lowest BCUT2D eigenvalue weighted by molar-refractivity contribution is -0.750. The summed E-state index contributed by atoms with van der Waals surface area (Å²) in [5, 5.41) is 12.7. The summed E-state index contributed by atoms with van der Waals surface area (Å²) in [5.41, 5.74) is 1.25. The highest BCUT2D eigenvalue weighted by atomic mass is 16.3. The molecule has 1 aromatic carbocycles. The summed E-state index contributed by atoms with van der Waals surface area (Å²) in [5.74, 6) is 12.4. The van der Waals surface area contributed by atoms with E-state index in [0.717, 1.165) is 12.0 Å². The maximum atomic E-state index is 12.9. The van der Waals surface area contributed by atoms with Gasteiger partial charge >= 0.3 is 0 Å². The standard InChI is InChI=1S/C28H27N7O3/c1-28(2,38)13-12-24(36)34-16-5-6-21(34)25-22-18-30-15-17-35(22,29)26(33-25)19-8-10-20(11-9-19)27(37)32-23-7-3-4-14-31-23/h3-4,7-11,14-15,17-18,21,38H,5-6,16,29H2,1-2H3/p+1. The number of aliphatic hydroxyl groups is 1. The van der Waals surface area contributed by atoms with Gasteiger partial charge < -0.3 is 15.3 Å². The summed E-state index contributed by atoms with van der Waals surface area (Å²) < 4.78 is -0.202. The average Bonchev–Trinajstić information content (AvgIpc) is 3.50. The molecule has 1 fully saturated rings. The molecule has 1 saturated heterocycles. The Labute approximate surface area is 220 Å². The van der Waals surface area contributed by atoms with Gasteiger partial charge in [-0.3, -0.25) is 14.6 Å². The summed E-state index contributed by atoms with van der Waals surface area (Å²) in [7, 11) is 0. The van der Waals surface area contributed by atoms with Gasteiger partial charge in [0.25, 0.3) is 17.6 Å². The Kier molecular flexibility index (Phi) is 6.50. The number of nitrogens with one attached hydrogen (secondary N) is 1. The number of aliphatic imine (C=N–C) groups is 2. The molecule has 0 saturated carbocycles. The molecule has 4 N–H and O–H groups in total. The summed E-state index contributed by atoms with van der Waals surface area (Å²) >= 11 is 0. The van der Waals surface area contributed by atoms with Crippen molar-refractivity contribution >= 4 is 29.7 Å². The van der Waals surface area contributed by atoms with Crippen LogP contribution in [0.5, 0.6) is 0 Å². The highest BCUT2D eigenvalue weighted by molar-refractivity contribution is 6.05. The second kappa shape index (κ2) is 9.79. The fraction of sp³-hybridized carbons (Fsp3) is 0.250. The smallest absolute Gasteiger partial charge is 0.299 e. The van der Waals surface area contributed by atoms with Gasteiger partial charge in [0.05, 0.1) is 24.0 Å². The van der Waals surface area contributed by atoms with E-state index >= 15 is 0 Å². The van der Waals surface area contributed by atoms with Crippen LogP contribution in [-0.2, 0) is 4.79 Å². The molecule has 4 heterocycles. The number of nitrogens with two attached hydrogens (primary N) is 1. The van der Waals surface area contributed by atoms with E-state index in [4.69, 9.17) is 10.8 Å². The van der Waals surface area contributed by atoms with Crippen molar-refractivity contribution in [1.29, 1.82) is 0 Å². The first-order valence-electron chi connectivity index (χ1n) is 12.3.